The van der Waals surface area contributed by atoms with E-state index in [9.17, 15) is 0 Å². The molecule has 0 saturated carbocycles. The minimum atomic E-state index is 0.469. The summed E-state index contributed by atoms with van der Waals surface area (Å²) in [6.45, 7) is 0.469. The number of imidazole rings is 1. The Hall–Kier alpha value is -1.55. The van der Waals surface area contributed by atoms with E-state index in [2.05, 4.69) is 9.97 Å². The van der Waals surface area contributed by atoms with E-state index in [0.717, 1.165) is 17.2 Å². The lowest BCUT2D eigenvalue weighted by Gasteiger charge is -1.92. The van der Waals surface area contributed by atoms with Crippen LogP contribution in [0.25, 0.3) is 11.4 Å². The molecule has 0 spiro atoms. The third kappa shape index (κ3) is 1.36. The number of aryl methyl sites for hydroxylation is 1. The minimum absolute atomic E-state index is 0.469. The second-order valence-corrected chi connectivity index (χ2v) is 2.94. The SMILES string of the molecule is Cn1cc(-c2ccc[nH]2)nc1CN. The molecular weight excluding hydrogens is 164 g/mol. The maximum Gasteiger partial charge on any atom is 0.123 e. The molecule has 4 nitrogen and oxygen atoms in total. The van der Waals surface area contributed by atoms with Crippen molar-refractivity contribution in [1.29, 1.82) is 0 Å². The van der Waals surface area contributed by atoms with Crippen molar-refractivity contribution in [1.82, 2.24) is 14.5 Å². The summed E-state index contributed by atoms with van der Waals surface area (Å²) in [5.41, 5.74) is 7.49. The molecule has 0 saturated heterocycles. The summed E-state index contributed by atoms with van der Waals surface area (Å²) in [5.74, 6) is 0.893. The van der Waals surface area contributed by atoms with Gasteiger partial charge in [-0.3, -0.25) is 0 Å². The molecule has 3 N–H and O–H groups in total. The lowest BCUT2D eigenvalue weighted by atomic mass is 10.3. The van der Waals surface area contributed by atoms with Crippen LogP contribution in [0.5, 0.6) is 0 Å². The number of hydrogen-bond acceptors (Lipinski definition) is 2. The first kappa shape index (κ1) is 8.07. The van der Waals surface area contributed by atoms with Crippen molar-refractivity contribution >= 4 is 0 Å². The lowest BCUT2D eigenvalue weighted by molar-refractivity contribution is 0.794. The third-order valence-corrected chi connectivity index (χ3v) is 2.03. The van der Waals surface area contributed by atoms with Crippen molar-refractivity contribution in [3.05, 3.63) is 30.4 Å². The predicted molar refractivity (Wildman–Crippen MR) is 50.9 cm³/mol. The smallest absolute Gasteiger partial charge is 0.123 e. The molecule has 13 heavy (non-hydrogen) atoms. The van der Waals surface area contributed by atoms with Crippen molar-refractivity contribution in [2.45, 2.75) is 6.54 Å². The molecular formula is C9H12N4. The number of nitrogens with two attached hydrogens (primary N) is 1. The standard InChI is InChI=1S/C9H12N4/c1-13-6-8(12-9(13)5-10)7-3-2-4-11-7/h2-4,6,11H,5,10H2,1H3. The van der Waals surface area contributed by atoms with E-state index >= 15 is 0 Å². The van der Waals surface area contributed by atoms with Crippen LogP contribution < -0.4 is 5.73 Å². The molecule has 0 fully saturated rings. The molecule has 2 heterocycles. The van der Waals surface area contributed by atoms with Gasteiger partial charge in [-0.25, -0.2) is 4.98 Å². The molecule has 2 aromatic rings. The molecule has 0 aliphatic heterocycles. The van der Waals surface area contributed by atoms with Crippen molar-refractivity contribution in [2.24, 2.45) is 12.8 Å². The number of H-pyrrole nitrogens is 1. The fourth-order valence-electron chi connectivity index (χ4n) is 1.31. The van der Waals surface area contributed by atoms with Gasteiger partial charge in [0, 0.05) is 19.4 Å². The van der Waals surface area contributed by atoms with Crippen LogP contribution in [-0.2, 0) is 13.6 Å². The predicted octanol–water partition coefficient (Wildman–Crippen LogP) is 0.874. The molecule has 0 aliphatic carbocycles. The van der Waals surface area contributed by atoms with E-state index < -0.39 is 0 Å². The van der Waals surface area contributed by atoms with E-state index in [1.54, 1.807) is 0 Å². The largest absolute Gasteiger partial charge is 0.360 e. The van der Waals surface area contributed by atoms with Crippen LogP contribution in [0.4, 0.5) is 0 Å². The van der Waals surface area contributed by atoms with Gasteiger partial charge in [0.1, 0.15) is 11.5 Å². The second kappa shape index (κ2) is 3.06. The molecule has 2 rings (SSSR count). The number of aromatic amines is 1. The van der Waals surface area contributed by atoms with Gasteiger partial charge in [-0.05, 0) is 12.1 Å². The molecule has 0 unspecified atom stereocenters. The maximum absolute atomic E-state index is 5.52. The first-order chi connectivity index (χ1) is 6.31. The molecule has 0 amide bonds. The summed E-state index contributed by atoms with van der Waals surface area (Å²) >= 11 is 0. The van der Waals surface area contributed by atoms with Gasteiger partial charge >= 0.3 is 0 Å². The fraction of sp³-hybridized carbons (Fsp3) is 0.222. The third-order valence-electron chi connectivity index (χ3n) is 2.03. The molecule has 2 aromatic heterocycles. The Morgan fingerprint density at radius 2 is 2.46 bits per heavy atom. The maximum atomic E-state index is 5.52. The van der Waals surface area contributed by atoms with Crippen molar-refractivity contribution < 1.29 is 0 Å². The lowest BCUT2D eigenvalue weighted by Crippen LogP contribution is -2.03. The number of hydrogen-bond donors (Lipinski definition) is 2. The van der Waals surface area contributed by atoms with Crippen LogP contribution in [0.2, 0.25) is 0 Å². The molecule has 0 atom stereocenters. The zero-order valence-electron chi connectivity index (χ0n) is 7.49. The van der Waals surface area contributed by atoms with Crippen molar-refractivity contribution in [2.75, 3.05) is 0 Å². The van der Waals surface area contributed by atoms with Gasteiger partial charge in [-0.1, -0.05) is 0 Å². The molecule has 0 aromatic carbocycles. The second-order valence-electron chi connectivity index (χ2n) is 2.94. The van der Waals surface area contributed by atoms with Gasteiger partial charge in [0.05, 0.1) is 12.2 Å². The summed E-state index contributed by atoms with van der Waals surface area (Å²) < 4.78 is 1.94. The number of nitrogens with zero attached hydrogens (tertiary/aromatic N) is 2. The highest BCUT2D eigenvalue weighted by Gasteiger charge is 2.05. The topological polar surface area (TPSA) is 59.6 Å². The first-order valence-electron chi connectivity index (χ1n) is 4.17. The Kier molecular flexibility index (Phi) is 1.90. The van der Waals surface area contributed by atoms with Crippen LogP contribution in [0.3, 0.4) is 0 Å². The van der Waals surface area contributed by atoms with Crippen LogP contribution in [0, 0.1) is 0 Å². The normalized spacial score (nSPS) is 10.6. The van der Waals surface area contributed by atoms with Crippen LogP contribution in [0.15, 0.2) is 24.5 Å². The number of rotatable bonds is 2. The first-order valence-corrected chi connectivity index (χ1v) is 4.17. The van der Waals surface area contributed by atoms with Crippen LogP contribution in [0.1, 0.15) is 5.82 Å². The average molecular weight is 176 g/mol. The van der Waals surface area contributed by atoms with Crippen LogP contribution >= 0.6 is 0 Å². The van der Waals surface area contributed by atoms with Gasteiger partial charge in [0.2, 0.25) is 0 Å². The van der Waals surface area contributed by atoms with Gasteiger partial charge in [0.15, 0.2) is 0 Å². The van der Waals surface area contributed by atoms with Crippen molar-refractivity contribution in [3.63, 3.8) is 0 Å². The summed E-state index contributed by atoms with van der Waals surface area (Å²) in [6.07, 6.45) is 3.85. The molecule has 0 aliphatic rings. The van der Waals surface area contributed by atoms with E-state index in [1.807, 2.05) is 36.1 Å². The Bertz CT molecular complexity index is 386. The van der Waals surface area contributed by atoms with E-state index in [4.69, 9.17) is 5.73 Å². The average Bonchev–Trinajstić information content (AvgIpc) is 2.71. The van der Waals surface area contributed by atoms with Gasteiger partial charge in [0.25, 0.3) is 0 Å². The highest BCUT2D eigenvalue weighted by molar-refractivity contribution is 5.53. The number of aromatic nitrogens is 3. The van der Waals surface area contributed by atoms with Crippen LogP contribution in [-0.4, -0.2) is 14.5 Å². The fourth-order valence-corrected chi connectivity index (χ4v) is 1.31. The molecule has 4 heteroatoms. The van der Waals surface area contributed by atoms with E-state index in [0.29, 0.717) is 6.54 Å². The minimum Gasteiger partial charge on any atom is -0.360 e. The Morgan fingerprint density at radius 1 is 1.62 bits per heavy atom. The highest BCUT2D eigenvalue weighted by Crippen LogP contribution is 2.15. The Labute approximate surface area is 76.4 Å². The van der Waals surface area contributed by atoms with E-state index in [-0.39, 0.29) is 0 Å². The quantitative estimate of drug-likeness (QED) is 0.713. The summed E-state index contributed by atoms with van der Waals surface area (Å²) in [6, 6.07) is 3.94. The van der Waals surface area contributed by atoms with E-state index in [1.165, 1.54) is 0 Å². The Balaban J connectivity index is 2.43. The molecule has 68 valence electrons. The van der Waals surface area contributed by atoms with Gasteiger partial charge in [-0.15, -0.1) is 0 Å². The molecule has 0 radical (unpaired) electrons. The number of nitrogens with one attached hydrogen (secondary N) is 1. The summed E-state index contributed by atoms with van der Waals surface area (Å²) in [7, 11) is 1.95. The zero-order valence-corrected chi connectivity index (χ0v) is 7.49. The summed E-state index contributed by atoms with van der Waals surface area (Å²) in [5, 5.41) is 0. The monoisotopic (exact) mass is 176 g/mol. The van der Waals surface area contributed by atoms with Gasteiger partial charge < -0.3 is 15.3 Å². The zero-order chi connectivity index (χ0) is 9.26. The Morgan fingerprint density at radius 3 is 3.00 bits per heavy atom. The summed E-state index contributed by atoms with van der Waals surface area (Å²) in [4.78, 5) is 7.48. The molecule has 0 bridgehead atoms. The van der Waals surface area contributed by atoms with Gasteiger partial charge in [-0.2, -0.15) is 0 Å². The van der Waals surface area contributed by atoms with Crippen molar-refractivity contribution in [3.8, 4) is 11.4 Å². The highest BCUT2D eigenvalue weighted by atomic mass is 15.1.